The van der Waals surface area contributed by atoms with Gasteiger partial charge in [0.05, 0.1) is 12.1 Å². The molecule has 6 rings (SSSR count). The lowest BCUT2D eigenvalue weighted by Crippen LogP contribution is -2.31. The van der Waals surface area contributed by atoms with Crippen molar-refractivity contribution in [1.29, 1.82) is 0 Å². The fraction of sp³-hybridized carbons (Fsp3) is 0.342. The highest BCUT2D eigenvalue weighted by molar-refractivity contribution is 6.11. The zero-order valence-corrected chi connectivity index (χ0v) is 25.4. The molecule has 0 aliphatic heterocycles. The number of nitrogens with zero attached hydrogens (tertiary/aromatic N) is 1. The SMILES string of the molecule is CC1CC(C(=O)c2ccccc2)=Cc2ccc(OCCCn3ccc4c(OC(C)(C)C(O)=C5CCCC5)cccc43)cc21. The summed E-state index contributed by atoms with van der Waals surface area (Å²) in [7, 11) is 0. The van der Waals surface area contributed by atoms with Crippen LogP contribution in [0.4, 0.5) is 0 Å². The molecule has 0 amide bonds. The standard InChI is InChI=1S/C38H41NO4/c1-26-23-30(36(40)27-11-5-4-6-12-27)24-29-17-18-31(25-33(26)29)42-22-10-20-39-21-19-32-34(39)15-9-16-35(32)43-38(2,3)37(41)28-13-7-8-14-28/h4-6,9,11-12,15-19,21,24-26,41H,7-8,10,13-14,20,22-23H2,1-3H3. The van der Waals surface area contributed by atoms with Gasteiger partial charge in [-0.2, -0.15) is 0 Å². The Bertz CT molecular complexity index is 1680. The highest BCUT2D eigenvalue weighted by atomic mass is 16.5. The van der Waals surface area contributed by atoms with Crippen LogP contribution < -0.4 is 9.47 Å². The Hall–Kier alpha value is -4.25. The minimum atomic E-state index is -0.773. The topological polar surface area (TPSA) is 60.7 Å². The molecule has 3 aromatic carbocycles. The van der Waals surface area contributed by atoms with Gasteiger partial charge in [-0.25, -0.2) is 0 Å². The third-order valence-electron chi connectivity index (χ3n) is 8.84. The van der Waals surface area contributed by atoms with Crippen molar-refractivity contribution >= 4 is 22.8 Å². The van der Waals surface area contributed by atoms with Crippen molar-refractivity contribution in [2.75, 3.05) is 6.61 Å². The molecule has 5 heteroatoms. The van der Waals surface area contributed by atoms with E-state index in [1.165, 1.54) is 5.56 Å². The van der Waals surface area contributed by atoms with Crippen molar-refractivity contribution in [2.45, 2.75) is 77.4 Å². The maximum atomic E-state index is 13.0. The van der Waals surface area contributed by atoms with Gasteiger partial charge in [0.2, 0.25) is 0 Å². The maximum Gasteiger partial charge on any atom is 0.189 e. The fourth-order valence-corrected chi connectivity index (χ4v) is 6.51. The Morgan fingerprint density at radius 1 is 1.00 bits per heavy atom. The summed E-state index contributed by atoms with van der Waals surface area (Å²) < 4.78 is 14.8. The van der Waals surface area contributed by atoms with Crippen LogP contribution in [0.25, 0.3) is 17.0 Å². The van der Waals surface area contributed by atoms with Crippen molar-refractivity contribution in [1.82, 2.24) is 4.57 Å². The molecule has 4 aromatic rings. The van der Waals surface area contributed by atoms with E-state index in [9.17, 15) is 9.90 Å². The monoisotopic (exact) mass is 575 g/mol. The number of aromatic nitrogens is 1. The summed E-state index contributed by atoms with van der Waals surface area (Å²) in [5, 5.41) is 12.0. The number of fused-ring (bicyclic) bond motifs is 2. The van der Waals surface area contributed by atoms with E-state index >= 15 is 0 Å². The van der Waals surface area contributed by atoms with Crippen LogP contribution >= 0.6 is 0 Å². The number of benzene rings is 3. The summed E-state index contributed by atoms with van der Waals surface area (Å²) >= 11 is 0. The summed E-state index contributed by atoms with van der Waals surface area (Å²) in [4.78, 5) is 13.0. The number of aliphatic hydroxyl groups excluding tert-OH is 1. The van der Waals surface area contributed by atoms with Crippen LogP contribution in [0.1, 0.15) is 86.7 Å². The molecule has 1 heterocycles. The highest BCUT2D eigenvalue weighted by Crippen LogP contribution is 2.38. The number of rotatable bonds is 10. The van der Waals surface area contributed by atoms with Gasteiger partial charge in [0.1, 0.15) is 17.3 Å². The molecule has 5 nitrogen and oxygen atoms in total. The number of Topliss-reactive ketones (excluding diaryl/α,β-unsaturated/α-hetero) is 1. The Kier molecular flexibility index (Phi) is 8.16. The van der Waals surface area contributed by atoms with Gasteiger partial charge < -0.3 is 19.1 Å². The molecular weight excluding hydrogens is 534 g/mol. The van der Waals surface area contributed by atoms with Crippen molar-refractivity contribution in [3.8, 4) is 11.5 Å². The number of carbonyl (C=O) groups is 1. The molecule has 0 saturated heterocycles. The lowest BCUT2D eigenvalue weighted by Gasteiger charge is -2.28. The van der Waals surface area contributed by atoms with Gasteiger partial charge in [0.25, 0.3) is 0 Å². The lowest BCUT2D eigenvalue weighted by molar-refractivity contribution is 0.0951. The first-order valence-electron chi connectivity index (χ1n) is 15.6. The molecule has 1 saturated carbocycles. The molecule has 2 aliphatic carbocycles. The Balaban J connectivity index is 1.08. The summed E-state index contributed by atoms with van der Waals surface area (Å²) in [6.07, 6.45) is 9.91. The molecule has 2 aliphatic rings. The first-order valence-corrected chi connectivity index (χ1v) is 15.6. The van der Waals surface area contributed by atoms with E-state index in [-0.39, 0.29) is 11.7 Å². The van der Waals surface area contributed by atoms with Crippen LogP contribution in [-0.4, -0.2) is 27.7 Å². The van der Waals surface area contributed by atoms with Gasteiger partial charge in [-0.15, -0.1) is 0 Å². The zero-order valence-electron chi connectivity index (χ0n) is 25.4. The van der Waals surface area contributed by atoms with E-state index in [0.717, 1.165) is 89.7 Å². The normalized spacial score (nSPS) is 16.6. The predicted octanol–water partition coefficient (Wildman–Crippen LogP) is 9.43. The van der Waals surface area contributed by atoms with Gasteiger partial charge >= 0.3 is 0 Å². The van der Waals surface area contributed by atoms with Crippen LogP contribution in [0.3, 0.4) is 0 Å². The van der Waals surface area contributed by atoms with Crippen molar-refractivity contribution in [3.05, 3.63) is 113 Å². The Morgan fingerprint density at radius 3 is 2.58 bits per heavy atom. The van der Waals surface area contributed by atoms with Gasteiger partial charge in [-0.05, 0) is 111 Å². The molecule has 0 bridgehead atoms. The maximum absolute atomic E-state index is 13.0. The molecule has 0 spiro atoms. The average molecular weight is 576 g/mol. The highest BCUT2D eigenvalue weighted by Gasteiger charge is 2.30. The van der Waals surface area contributed by atoms with E-state index in [1.807, 2.05) is 68.5 Å². The smallest absolute Gasteiger partial charge is 0.189 e. The second-order valence-electron chi connectivity index (χ2n) is 12.4. The van der Waals surface area contributed by atoms with Crippen molar-refractivity contribution in [2.24, 2.45) is 0 Å². The second-order valence-corrected chi connectivity index (χ2v) is 12.4. The van der Waals surface area contributed by atoms with Gasteiger partial charge in [0.15, 0.2) is 11.4 Å². The molecule has 0 radical (unpaired) electrons. The van der Waals surface area contributed by atoms with Crippen LogP contribution in [0.2, 0.25) is 0 Å². The predicted molar refractivity (Wildman–Crippen MR) is 173 cm³/mol. The Labute approximate surface area is 254 Å². The summed E-state index contributed by atoms with van der Waals surface area (Å²) in [5.74, 6) is 2.39. The number of ketones is 1. The Morgan fingerprint density at radius 2 is 1.79 bits per heavy atom. The summed E-state index contributed by atoms with van der Waals surface area (Å²) in [5.41, 5.74) is 5.38. The number of aliphatic hydroxyl groups is 1. The van der Waals surface area contributed by atoms with E-state index in [2.05, 4.69) is 42.0 Å². The number of carbonyl (C=O) groups excluding carboxylic acids is 1. The summed E-state index contributed by atoms with van der Waals surface area (Å²) in [6.45, 7) is 7.49. The average Bonchev–Trinajstić information content (AvgIpc) is 3.70. The van der Waals surface area contributed by atoms with Gasteiger partial charge in [0, 0.05) is 29.3 Å². The van der Waals surface area contributed by atoms with E-state index in [1.54, 1.807) is 0 Å². The first-order chi connectivity index (χ1) is 20.8. The van der Waals surface area contributed by atoms with Gasteiger partial charge in [-0.3, -0.25) is 4.79 Å². The minimum absolute atomic E-state index is 0.109. The number of aryl methyl sites for hydroxylation is 1. The third kappa shape index (κ3) is 6.13. The van der Waals surface area contributed by atoms with E-state index in [0.29, 0.717) is 12.4 Å². The molecule has 1 fully saturated rings. The van der Waals surface area contributed by atoms with Crippen molar-refractivity contribution < 1.29 is 19.4 Å². The summed E-state index contributed by atoms with van der Waals surface area (Å²) in [6, 6.07) is 23.9. The number of hydrogen-bond acceptors (Lipinski definition) is 4. The third-order valence-corrected chi connectivity index (χ3v) is 8.84. The first kappa shape index (κ1) is 28.9. The largest absolute Gasteiger partial charge is 0.508 e. The van der Waals surface area contributed by atoms with Crippen LogP contribution in [0.5, 0.6) is 11.5 Å². The molecule has 1 atom stereocenters. The molecular formula is C38H41NO4. The lowest BCUT2D eigenvalue weighted by atomic mass is 9.82. The zero-order chi connectivity index (χ0) is 30.0. The van der Waals surface area contributed by atoms with Gasteiger partial charge in [-0.1, -0.05) is 49.4 Å². The van der Waals surface area contributed by atoms with Crippen LogP contribution in [0, 0.1) is 0 Å². The molecule has 1 aromatic heterocycles. The fourth-order valence-electron chi connectivity index (χ4n) is 6.51. The van der Waals surface area contributed by atoms with Crippen LogP contribution in [0.15, 0.2) is 95.9 Å². The minimum Gasteiger partial charge on any atom is -0.508 e. The van der Waals surface area contributed by atoms with Crippen molar-refractivity contribution in [3.63, 3.8) is 0 Å². The number of allylic oxidation sites excluding steroid dienone is 2. The van der Waals surface area contributed by atoms with E-state index in [4.69, 9.17) is 9.47 Å². The molecule has 222 valence electrons. The molecule has 43 heavy (non-hydrogen) atoms. The number of hydrogen-bond donors (Lipinski definition) is 1. The van der Waals surface area contributed by atoms with E-state index < -0.39 is 5.60 Å². The number of ether oxygens (including phenoxy) is 2. The van der Waals surface area contributed by atoms with Crippen LogP contribution in [-0.2, 0) is 6.54 Å². The second kappa shape index (κ2) is 12.2. The molecule has 1 N–H and O–H groups in total. The quantitative estimate of drug-likeness (QED) is 0.116. The molecule has 1 unspecified atom stereocenters.